The van der Waals surface area contributed by atoms with Gasteiger partial charge in [-0.15, -0.1) is 25.6 Å². The number of carbonyl (C=O) groups is 1. The van der Waals surface area contributed by atoms with Gasteiger partial charge in [0.15, 0.2) is 0 Å². The highest BCUT2D eigenvalue weighted by Gasteiger charge is 2.35. The number of carbonyl (C=O) groups excluding carboxylic acids is 1. The molecule has 0 N–H and O–H groups in total. The van der Waals surface area contributed by atoms with Gasteiger partial charge in [0.25, 0.3) is 0 Å². The van der Waals surface area contributed by atoms with Crippen LogP contribution in [-0.4, -0.2) is 22.3 Å². The molecule has 1 aromatic carbocycles. The minimum absolute atomic E-state index is 0. The molecule has 8 heteroatoms. The lowest BCUT2D eigenvalue weighted by Gasteiger charge is -2.10. The minimum atomic E-state index is -5.02. The van der Waals surface area contributed by atoms with Gasteiger partial charge in [0.05, 0.1) is 11.3 Å². The van der Waals surface area contributed by atoms with Crippen molar-refractivity contribution >= 4 is 18.4 Å². The Kier molecular flexibility index (Phi) is 5.04. The van der Waals surface area contributed by atoms with Gasteiger partial charge in [-0.2, -0.15) is 0 Å². The number of hydrogen-bond donors (Lipinski definition) is 0. The molecule has 1 aromatic heterocycles. The van der Waals surface area contributed by atoms with Crippen LogP contribution in [0.25, 0.3) is 11.3 Å². The second-order valence-corrected chi connectivity index (χ2v) is 3.48. The van der Waals surface area contributed by atoms with Crippen LogP contribution in [0.3, 0.4) is 0 Å². The van der Waals surface area contributed by atoms with E-state index >= 15 is 0 Å². The molecule has 0 aliphatic rings. The van der Waals surface area contributed by atoms with Gasteiger partial charge in [0, 0.05) is 11.8 Å². The third-order valence-corrected chi connectivity index (χ3v) is 2.21. The summed E-state index contributed by atoms with van der Waals surface area (Å²) in [6.07, 6.45) is -2.36. The van der Waals surface area contributed by atoms with Crippen molar-refractivity contribution in [2.45, 2.75) is 6.36 Å². The molecule has 0 fully saturated rings. The number of esters is 1. The fourth-order valence-corrected chi connectivity index (χ4v) is 1.49. The Morgan fingerprint density at radius 1 is 1.15 bits per heavy atom. The summed E-state index contributed by atoms with van der Waals surface area (Å²) < 4.78 is 39.6. The van der Waals surface area contributed by atoms with Gasteiger partial charge in [-0.3, -0.25) is 0 Å². The summed E-state index contributed by atoms with van der Waals surface area (Å²) in [6, 6.07) is 7.24. The number of halogens is 4. The van der Waals surface area contributed by atoms with Crippen LogP contribution in [0, 0.1) is 0 Å². The van der Waals surface area contributed by atoms with Gasteiger partial charge < -0.3 is 4.74 Å². The van der Waals surface area contributed by atoms with E-state index in [1.54, 1.807) is 6.07 Å². The van der Waals surface area contributed by atoms with Crippen LogP contribution >= 0.6 is 12.4 Å². The molecule has 0 radical (unpaired) electrons. The molecule has 0 atom stereocenters. The molecule has 0 aliphatic heterocycles. The van der Waals surface area contributed by atoms with Crippen LogP contribution in [-0.2, 0) is 4.74 Å². The first-order valence-electron chi connectivity index (χ1n) is 5.13. The van der Waals surface area contributed by atoms with E-state index < -0.39 is 12.3 Å². The average molecular weight is 305 g/mol. The number of ether oxygens (including phenoxy) is 1. The molecule has 4 nitrogen and oxygen atoms in total. The predicted octanol–water partition coefficient (Wildman–Crippen LogP) is 3.24. The maximum atomic E-state index is 12.1. The number of nitrogens with zero attached hydrogens (tertiary/aromatic N) is 2. The lowest BCUT2D eigenvalue weighted by atomic mass is 10.0. The van der Waals surface area contributed by atoms with Gasteiger partial charge in [-0.1, -0.05) is 18.2 Å². The zero-order valence-electron chi connectivity index (χ0n) is 9.79. The summed E-state index contributed by atoms with van der Waals surface area (Å²) in [5.74, 6) is -1.47. The van der Waals surface area contributed by atoms with Crippen LogP contribution in [0.2, 0.25) is 0 Å². The molecule has 1 heterocycles. The maximum Gasteiger partial charge on any atom is 0.575 e. The van der Waals surface area contributed by atoms with E-state index in [1.807, 2.05) is 0 Å². The van der Waals surface area contributed by atoms with Crippen LogP contribution in [0.1, 0.15) is 10.4 Å². The molecule has 0 aliphatic carbocycles. The smallest absolute Gasteiger partial charge is 0.369 e. The molecule has 2 rings (SSSR count). The Labute approximate surface area is 118 Å². The zero-order chi connectivity index (χ0) is 13.9. The molecule has 0 bridgehead atoms. The number of rotatable bonds is 2. The molecule has 20 heavy (non-hydrogen) atoms. The van der Waals surface area contributed by atoms with E-state index in [9.17, 15) is 18.0 Å². The summed E-state index contributed by atoms with van der Waals surface area (Å²) >= 11 is 0. The summed E-state index contributed by atoms with van der Waals surface area (Å²) in [4.78, 5) is 19.1. The van der Waals surface area contributed by atoms with Crippen molar-refractivity contribution in [3.63, 3.8) is 0 Å². The van der Waals surface area contributed by atoms with Gasteiger partial charge >= 0.3 is 12.3 Å². The predicted molar refractivity (Wildman–Crippen MR) is 66.2 cm³/mol. The zero-order valence-corrected chi connectivity index (χ0v) is 10.6. The molecule has 2 aromatic rings. The van der Waals surface area contributed by atoms with E-state index in [0.717, 1.165) is 0 Å². The second kappa shape index (κ2) is 6.33. The number of aromatic nitrogens is 2. The molecule has 0 saturated heterocycles. The number of hydrogen-bond acceptors (Lipinski definition) is 4. The minimum Gasteiger partial charge on any atom is -0.369 e. The third-order valence-electron chi connectivity index (χ3n) is 2.21. The summed E-state index contributed by atoms with van der Waals surface area (Å²) in [6.45, 7) is 0. The molecule has 0 amide bonds. The van der Waals surface area contributed by atoms with Gasteiger partial charge in [-0.25, -0.2) is 14.8 Å². The molecule has 0 unspecified atom stereocenters. The SMILES string of the molecule is Cl.O=C(OC(F)(F)F)c1ccccc1-c1ccncn1. The summed E-state index contributed by atoms with van der Waals surface area (Å²) in [5, 5.41) is 0. The standard InChI is InChI=1S/C12H7F3N2O2.ClH/c13-12(14,15)19-11(18)9-4-2-1-3-8(9)10-5-6-16-7-17-10;/h1-7H;1H. The Hall–Kier alpha value is -2.15. The highest BCUT2D eigenvalue weighted by Crippen LogP contribution is 2.25. The van der Waals surface area contributed by atoms with Crippen LogP contribution < -0.4 is 0 Å². The topological polar surface area (TPSA) is 52.1 Å². The van der Waals surface area contributed by atoms with Crippen LogP contribution in [0.15, 0.2) is 42.9 Å². The van der Waals surface area contributed by atoms with Crippen molar-refractivity contribution < 1.29 is 22.7 Å². The lowest BCUT2D eigenvalue weighted by Crippen LogP contribution is -2.20. The quantitative estimate of drug-likeness (QED) is 0.799. The molecular weight excluding hydrogens is 297 g/mol. The molecule has 0 saturated carbocycles. The fourth-order valence-electron chi connectivity index (χ4n) is 1.49. The van der Waals surface area contributed by atoms with Crippen molar-refractivity contribution in [3.05, 3.63) is 48.4 Å². The van der Waals surface area contributed by atoms with Crippen molar-refractivity contribution in [2.75, 3.05) is 0 Å². The van der Waals surface area contributed by atoms with E-state index in [-0.39, 0.29) is 23.5 Å². The number of alkyl halides is 3. The Balaban J connectivity index is 0.00000200. The fraction of sp³-hybridized carbons (Fsp3) is 0.0833. The van der Waals surface area contributed by atoms with Gasteiger partial charge in [0.2, 0.25) is 0 Å². The normalized spacial score (nSPS) is 10.6. The highest BCUT2D eigenvalue weighted by atomic mass is 35.5. The van der Waals surface area contributed by atoms with E-state index in [1.165, 1.54) is 36.8 Å². The lowest BCUT2D eigenvalue weighted by molar-refractivity contribution is -0.291. The number of benzene rings is 1. The van der Waals surface area contributed by atoms with Crippen LogP contribution in [0.4, 0.5) is 13.2 Å². The average Bonchev–Trinajstić information content (AvgIpc) is 2.38. The van der Waals surface area contributed by atoms with E-state index in [2.05, 4.69) is 14.7 Å². The van der Waals surface area contributed by atoms with Crippen molar-refractivity contribution in [1.29, 1.82) is 0 Å². The monoisotopic (exact) mass is 304 g/mol. The molecule has 0 spiro atoms. The third kappa shape index (κ3) is 3.92. The van der Waals surface area contributed by atoms with E-state index in [4.69, 9.17) is 0 Å². The molecular formula is C12H8ClF3N2O2. The van der Waals surface area contributed by atoms with Crippen LogP contribution in [0.5, 0.6) is 0 Å². The largest absolute Gasteiger partial charge is 0.575 e. The van der Waals surface area contributed by atoms with Gasteiger partial charge in [-0.05, 0) is 12.1 Å². The van der Waals surface area contributed by atoms with Crippen molar-refractivity contribution in [1.82, 2.24) is 9.97 Å². The Morgan fingerprint density at radius 3 is 2.45 bits per heavy atom. The van der Waals surface area contributed by atoms with Gasteiger partial charge in [0.1, 0.15) is 6.33 Å². The Bertz CT molecular complexity index is 591. The first-order chi connectivity index (χ1) is 8.97. The first kappa shape index (κ1) is 15.9. The van der Waals surface area contributed by atoms with E-state index in [0.29, 0.717) is 5.69 Å². The van der Waals surface area contributed by atoms with Crippen molar-refractivity contribution in [2.24, 2.45) is 0 Å². The summed E-state index contributed by atoms with van der Waals surface area (Å²) in [7, 11) is 0. The summed E-state index contributed by atoms with van der Waals surface area (Å²) in [5.41, 5.74) is 0.377. The van der Waals surface area contributed by atoms with Crippen molar-refractivity contribution in [3.8, 4) is 11.3 Å². The maximum absolute atomic E-state index is 12.1. The Morgan fingerprint density at radius 2 is 1.85 bits per heavy atom. The highest BCUT2D eigenvalue weighted by molar-refractivity contribution is 5.96. The molecule has 106 valence electrons. The first-order valence-corrected chi connectivity index (χ1v) is 5.13. The second-order valence-electron chi connectivity index (χ2n) is 3.48.